The van der Waals surface area contributed by atoms with Crippen molar-refractivity contribution < 1.29 is 27.8 Å². The number of benzene rings is 1. The summed E-state index contributed by atoms with van der Waals surface area (Å²) in [6, 6.07) is 4.75. The maximum atomic E-state index is 12.3. The highest BCUT2D eigenvalue weighted by atomic mass is 19.4. The van der Waals surface area contributed by atoms with Crippen molar-refractivity contribution >= 4 is 6.03 Å². The predicted molar refractivity (Wildman–Crippen MR) is 81.4 cm³/mol. The molecule has 0 aliphatic carbocycles. The largest absolute Gasteiger partial charge is 0.573 e. The predicted octanol–water partition coefficient (Wildman–Crippen LogP) is 2.92. The maximum Gasteiger partial charge on any atom is 0.573 e. The summed E-state index contributed by atoms with van der Waals surface area (Å²) in [6.45, 7) is 4.69. The van der Waals surface area contributed by atoms with Crippen LogP contribution in [0.15, 0.2) is 24.3 Å². The number of amides is 2. The summed E-state index contributed by atoms with van der Waals surface area (Å²) in [4.78, 5) is 13.9. The topological polar surface area (TPSA) is 61.8 Å². The number of rotatable bonds is 4. The molecular weight excluding hydrogens is 325 g/mol. The van der Waals surface area contributed by atoms with E-state index in [-0.39, 0.29) is 30.2 Å². The smallest absolute Gasteiger partial charge is 0.406 e. The van der Waals surface area contributed by atoms with Crippen molar-refractivity contribution in [3.63, 3.8) is 0 Å². The number of urea groups is 1. The molecule has 24 heavy (non-hydrogen) atoms. The number of hydrogen-bond donors (Lipinski definition) is 2. The molecule has 3 atom stereocenters. The molecule has 2 rings (SSSR count). The summed E-state index contributed by atoms with van der Waals surface area (Å²) in [5.41, 5.74) is 0.510. The van der Waals surface area contributed by atoms with E-state index in [4.69, 9.17) is 0 Å². The Morgan fingerprint density at radius 2 is 2.17 bits per heavy atom. The molecule has 5 nitrogen and oxygen atoms in total. The van der Waals surface area contributed by atoms with Gasteiger partial charge in [0.15, 0.2) is 0 Å². The lowest BCUT2D eigenvalue weighted by atomic mass is 10.00. The Balaban J connectivity index is 1.98. The number of hydrogen-bond acceptors (Lipinski definition) is 3. The number of nitrogens with one attached hydrogen (secondary N) is 1. The number of aliphatic hydroxyl groups is 1. The lowest BCUT2D eigenvalue weighted by molar-refractivity contribution is -0.274. The quantitative estimate of drug-likeness (QED) is 0.881. The van der Waals surface area contributed by atoms with Crippen molar-refractivity contribution in [1.29, 1.82) is 0 Å². The average molecular weight is 346 g/mol. The fourth-order valence-corrected chi connectivity index (χ4v) is 2.78. The zero-order valence-electron chi connectivity index (χ0n) is 13.5. The van der Waals surface area contributed by atoms with Crippen LogP contribution in [0.5, 0.6) is 5.75 Å². The molecule has 2 amide bonds. The van der Waals surface area contributed by atoms with Gasteiger partial charge in [-0.15, -0.1) is 13.2 Å². The summed E-state index contributed by atoms with van der Waals surface area (Å²) in [6.07, 6.45) is -4.75. The molecule has 1 aromatic carbocycles. The number of likely N-dealkylation sites (tertiary alicyclic amines) is 1. The first-order valence-electron chi connectivity index (χ1n) is 7.71. The van der Waals surface area contributed by atoms with E-state index < -0.39 is 12.4 Å². The van der Waals surface area contributed by atoms with E-state index in [1.807, 2.05) is 6.92 Å². The number of carbonyl (C=O) groups is 1. The molecular formula is C16H21F3N2O3. The van der Waals surface area contributed by atoms with Crippen molar-refractivity contribution in [1.82, 2.24) is 10.2 Å². The van der Waals surface area contributed by atoms with E-state index in [9.17, 15) is 23.1 Å². The molecule has 8 heteroatoms. The minimum absolute atomic E-state index is 0.0251. The number of aliphatic hydroxyl groups excluding tert-OH is 1. The zero-order valence-corrected chi connectivity index (χ0v) is 13.5. The molecule has 1 saturated heterocycles. The van der Waals surface area contributed by atoms with Crippen LogP contribution in [0, 0.1) is 11.8 Å². The van der Waals surface area contributed by atoms with E-state index in [0.717, 1.165) is 0 Å². The van der Waals surface area contributed by atoms with Gasteiger partial charge in [-0.3, -0.25) is 0 Å². The normalized spacial score (nSPS) is 22.3. The van der Waals surface area contributed by atoms with Crippen molar-refractivity contribution in [3.05, 3.63) is 29.8 Å². The molecule has 134 valence electrons. The van der Waals surface area contributed by atoms with Crippen molar-refractivity contribution in [3.8, 4) is 5.75 Å². The summed E-state index contributed by atoms with van der Waals surface area (Å²) in [7, 11) is 0. The summed E-state index contributed by atoms with van der Waals surface area (Å²) in [5, 5.41) is 12.0. The molecule has 0 saturated carbocycles. The van der Waals surface area contributed by atoms with Crippen molar-refractivity contribution in [2.45, 2.75) is 26.3 Å². The SMILES string of the molecule is CC(NC(=O)N1C[C@@H](CO)[C@H](C)C1)c1cccc(OC(F)(F)F)c1. The first kappa shape index (κ1) is 18.4. The third-order valence-corrected chi connectivity index (χ3v) is 4.22. The van der Waals surface area contributed by atoms with Crippen LogP contribution >= 0.6 is 0 Å². The van der Waals surface area contributed by atoms with Gasteiger partial charge < -0.3 is 20.1 Å². The van der Waals surface area contributed by atoms with Gasteiger partial charge in [-0.25, -0.2) is 4.79 Å². The average Bonchev–Trinajstić information content (AvgIpc) is 2.87. The first-order valence-corrected chi connectivity index (χ1v) is 7.71. The highest BCUT2D eigenvalue weighted by molar-refractivity contribution is 5.75. The van der Waals surface area contributed by atoms with Gasteiger partial charge in [-0.1, -0.05) is 19.1 Å². The molecule has 1 unspecified atom stereocenters. The van der Waals surface area contributed by atoms with Crippen LogP contribution in [0.1, 0.15) is 25.5 Å². The zero-order chi connectivity index (χ0) is 17.9. The molecule has 0 radical (unpaired) electrons. The Kier molecular flexibility index (Phi) is 5.58. The third kappa shape index (κ3) is 4.77. The van der Waals surface area contributed by atoms with Gasteiger partial charge in [-0.2, -0.15) is 0 Å². The molecule has 1 aliphatic heterocycles. The minimum atomic E-state index is -4.75. The fraction of sp³-hybridized carbons (Fsp3) is 0.562. The van der Waals surface area contributed by atoms with E-state index >= 15 is 0 Å². The molecule has 0 bridgehead atoms. The molecule has 2 N–H and O–H groups in total. The van der Waals surface area contributed by atoms with Crippen LogP contribution in [0.4, 0.5) is 18.0 Å². The number of ether oxygens (including phenoxy) is 1. The van der Waals surface area contributed by atoms with Crippen LogP contribution in [0.25, 0.3) is 0 Å². The Bertz CT molecular complexity index is 580. The van der Waals surface area contributed by atoms with E-state index in [1.165, 1.54) is 18.2 Å². The van der Waals surface area contributed by atoms with Crippen LogP contribution in [-0.2, 0) is 0 Å². The van der Waals surface area contributed by atoms with E-state index in [1.54, 1.807) is 17.9 Å². The molecule has 0 aromatic heterocycles. The second-order valence-corrected chi connectivity index (χ2v) is 6.12. The highest BCUT2D eigenvalue weighted by Gasteiger charge is 2.33. The third-order valence-electron chi connectivity index (χ3n) is 4.22. The van der Waals surface area contributed by atoms with Crippen LogP contribution in [-0.4, -0.2) is 42.1 Å². The van der Waals surface area contributed by atoms with Crippen LogP contribution in [0.2, 0.25) is 0 Å². The van der Waals surface area contributed by atoms with Gasteiger partial charge in [0.2, 0.25) is 0 Å². The maximum absolute atomic E-state index is 12.3. The molecule has 1 aromatic rings. The van der Waals surface area contributed by atoms with Gasteiger partial charge in [-0.05, 0) is 30.5 Å². The van der Waals surface area contributed by atoms with Crippen LogP contribution < -0.4 is 10.1 Å². The van der Waals surface area contributed by atoms with Gasteiger partial charge in [0.25, 0.3) is 0 Å². The first-order chi connectivity index (χ1) is 11.2. The highest BCUT2D eigenvalue weighted by Crippen LogP contribution is 2.26. The molecule has 1 heterocycles. The van der Waals surface area contributed by atoms with E-state index in [0.29, 0.717) is 18.7 Å². The Morgan fingerprint density at radius 1 is 1.46 bits per heavy atom. The van der Waals surface area contributed by atoms with Gasteiger partial charge in [0.05, 0.1) is 6.04 Å². The Labute approximate surface area is 138 Å². The second-order valence-electron chi connectivity index (χ2n) is 6.12. The van der Waals surface area contributed by atoms with E-state index in [2.05, 4.69) is 10.1 Å². The van der Waals surface area contributed by atoms with Crippen molar-refractivity contribution in [2.24, 2.45) is 11.8 Å². The number of nitrogens with zero attached hydrogens (tertiary/aromatic N) is 1. The number of halogens is 3. The lowest BCUT2D eigenvalue weighted by Crippen LogP contribution is -2.40. The standard InChI is InChI=1S/C16H21F3N2O3/c1-10-7-21(8-13(10)9-22)15(23)20-11(2)12-4-3-5-14(6-12)24-16(17,18)19/h3-6,10-11,13,22H,7-9H2,1-2H3,(H,20,23)/t10-,11?,13+/m1/s1. The summed E-state index contributed by atoms with van der Waals surface area (Å²) in [5.74, 6) is -0.0645. The molecule has 1 fully saturated rings. The lowest BCUT2D eigenvalue weighted by Gasteiger charge is -2.21. The Hall–Kier alpha value is -1.96. The van der Waals surface area contributed by atoms with Gasteiger partial charge >= 0.3 is 12.4 Å². The molecule has 1 aliphatic rings. The summed E-state index contributed by atoms with van der Waals surface area (Å²) < 4.78 is 40.7. The van der Waals surface area contributed by atoms with Gasteiger partial charge in [0.1, 0.15) is 5.75 Å². The summed E-state index contributed by atoms with van der Waals surface area (Å²) >= 11 is 0. The monoisotopic (exact) mass is 346 g/mol. The fourth-order valence-electron chi connectivity index (χ4n) is 2.78. The number of carbonyl (C=O) groups excluding carboxylic acids is 1. The van der Waals surface area contributed by atoms with Crippen LogP contribution in [0.3, 0.4) is 0 Å². The Morgan fingerprint density at radius 3 is 2.75 bits per heavy atom. The van der Waals surface area contributed by atoms with Crippen molar-refractivity contribution in [2.75, 3.05) is 19.7 Å². The van der Waals surface area contributed by atoms with Gasteiger partial charge in [0, 0.05) is 25.6 Å². The minimum Gasteiger partial charge on any atom is -0.406 e. The second kappa shape index (κ2) is 7.29. The molecule has 0 spiro atoms. The number of alkyl halides is 3.